The van der Waals surface area contributed by atoms with Crippen molar-refractivity contribution in [2.75, 3.05) is 7.11 Å². The van der Waals surface area contributed by atoms with Crippen molar-refractivity contribution in [3.8, 4) is 17.0 Å². The van der Waals surface area contributed by atoms with Crippen LogP contribution in [0.1, 0.15) is 10.4 Å². The molecule has 0 saturated carbocycles. The summed E-state index contributed by atoms with van der Waals surface area (Å²) in [7, 11) is 1.43. The van der Waals surface area contributed by atoms with E-state index in [-0.39, 0.29) is 5.56 Å². The van der Waals surface area contributed by atoms with E-state index >= 15 is 0 Å². The molecule has 2 aromatic rings. The zero-order valence-corrected chi connectivity index (χ0v) is 8.47. The lowest BCUT2D eigenvalue weighted by molar-refractivity contribution is 0.0693. The fraction of sp³-hybridized carbons (Fsp3) is 0.100. The second-order valence-electron chi connectivity index (χ2n) is 3.08. The first kappa shape index (κ1) is 10.2. The van der Waals surface area contributed by atoms with E-state index in [0.29, 0.717) is 17.0 Å². The molecule has 0 fully saturated rings. The normalized spacial score (nSPS) is 10.1. The van der Waals surface area contributed by atoms with Crippen molar-refractivity contribution in [2.45, 2.75) is 0 Å². The number of nitrogens with zero attached hydrogens (tertiary/aromatic N) is 2. The minimum atomic E-state index is -1.04. The van der Waals surface area contributed by atoms with Gasteiger partial charge in [-0.3, -0.25) is 0 Å². The van der Waals surface area contributed by atoms with Crippen LogP contribution in [0, 0.1) is 0 Å². The van der Waals surface area contributed by atoms with Gasteiger partial charge in [0.1, 0.15) is 17.0 Å². The molecule has 0 aliphatic carbocycles. The summed E-state index contributed by atoms with van der Waals surface area (Å²) in [5.41, 5.74) is 1.36. The number of H-pyrrole nitrogens is 1. The van der Waals surface area contributed by atoms with Crippen molar-refractivity contribution < 1.29 is 14.6 Å². The molecule has 2 N–H and O–H groups in total. The van der Waals surface area contributed by atoms with Crippen LogP contribution in [0.15, 0.2) is 24.4 Å². The summed E-state index contributed by atoms with van der Waals surface area (Å²) in [6.45, 7) is 0. The first-order valence-electron chi connectivity index (χ1n) is 4.50. The molecule has 1 heterocycles. The molecule has 2 rings (SSSR count). The highest BCUT2D eigenvalue weighted by Crippen LogP contribution is 2.24. The molecule has 1 aromatic heterocycles. The Morgan fingerprint density at radius 1 is 1.50 bits per heavy atom. The van der Waals surface area contributed by atoms with Gasteiger partial charge in [0.15, 0.2) is 0 Å². The maximum absolute atomic E-state index is 11.0. The molecule has 0 unspecified atom stereocenters. The molecule has 0 aliphatic heterocycles. The molecular weight excluding hydrogens is 210 g/mol. The first-order valence-corrected chi connectivity index (χ1v) is 4.50. The molecule has 0 saturated heterocycles. The Morgan fingerprint density at radius 3 is 2.88 bits per heavy atom. The third-order valence-corrected chi connectivity index (χ3v) is 2.14. The molecule has 0 radical (unpaired) electrons. The van der Waals surface area contributed by atoms with Crippen LogP contribution in [0.4, 0.5) is 0 Å². The van der Waals surface area contributed by atoms with Crippen molar-refractivity contribution in [2.24, 2.45) is 0 Å². The van der Waals surface area contributed by atoms with Crippen LogP contribution in [-0.2, 0) is 0 Å². The standard InChI is InChI=1S/C10H9N3O3/c1-16-9-3-2-6(4-7(9)10(14)15)8-5-11-13-12-8/h2-5H,1H3,(H,14,15)(H,11,12,13). The zero-order valence-electron chi connectivity index (χ0n) is 8.47. The van der Waals surface area contributed by atoms with Crippen LogP contribution in [0.2, 0.25) is 0 Å². The van der Waals surface area contributed by atoms with Crippen LogP contribution >= 0.6 is 0 Å². The van der Waals surface area contributed by atoms with Crippen LogP contribution in [0.3, 0.4) is 0 Å². The Morgan fingerprint density at radius 2 is 2.31 bits per heavy atom. The highest BCUT2D eigenvalue weighted by atomic mass is 16.5. The SMILES string of the molecule is COc1ccc(-c2cn[nH]n2)cc1C(=O)O. The van der Waals surface area contributed by atoms with E-state index in [0.717, 1.165) is 0 Å². The lowest BCUT2D eigenvalue weighted by Gasteiger charge is -2.05. The number of hydrogen-bond acceptors (Lipinski definition) is 4. The third-order valence-electron chi connectivity index (χ3n) is 2.14. The Hall–Kier alpha value is -2.37. The molecule has 0 bridgehead atoms. The second-order valence-corrected chi connectivity index (χ2v) is 3.08. The van der Waals surface area contributed by atoms with E-state index in [1.54, 1.807) is 12.1 Å². The van der Waals surface area contributed by atoms with Gasteiger partial charge in [0.25, 0.3) is 0 Å². The number of aromatic nitrogens is 3. The maximum atomic E-state index is 11.0. The third kappa shape index (κ3) is 1.72. The number of carboxylic acid groups (broad SMARTS) is 1. The fourth-order valence-electron chi connectivity index (χ4n) is 1.38. The predicted molar refractivity (Wildman–Crippen MR) is 55.3 cm³/mol. The largest absolute Gasteiger partial charge is 0.496 e. The summed E-state index contributed by atoms with van der Waals surface area (Å²) in [5.74, 6) is -0.720. The van der Waals surface area contributed by atoms with Gasteiger partial charge in [-0.05, 0) is 18.2 Å². The van der Waals surface area contributed by atoms with Crippen LogP contribution in [0.25, 0.3) is 11.3 Å². The van der Waals surface area contributed by atoms with E-state index in [2.05, 4.69) is 15.4 Å². The van der Waals surface area contributed by atoms with Gasteiger partial charge < -0.3 is 9.84 Å². The fourth-order valence-corrected chi connectivity index (χ4v) is 1.38. The average molecular weight is 219 g/mol. The number of rotatable bonds is 3. The van der Waals surface area contributed by atoms with Crippen molar-refractivity contribution in [1.82, 2.24) is 15.4 Å². The summed E-state index contributed by atoms with van der Waals surface area (Å²) in [6, 6.07) is 4.82. The maximum Gasteiger partial charge on any atom is 0.339 e. The summed E-state index contributed by atoms with van der Waals surface area (Å²) in [5, 5.41) is 19.0. The molecule has 0 amide bonds. The van der Waals surface area contributed by atoms with Gasteiger partial charge >= 0.3 is 5.97 Å². The summed E-state index contributed by atoms with van der Waals surface area (Å²) in [4.78, 5) is 11.0. The number of hydrogen-bond donors (Lipinski definition) is 2. The van der Waals surface area contributed by atoms with Crippen molar-refractivity contribution in [1.29, 1.82) is 0 Å². The quantitative estimate of drug-likeness (QED) is 0.809. The van der Waals surface area contributed by atoms with Crippen LogP contribution in [-0.4, -0.2) is 33.6 Å². The van der Waals surface area contributed by atoms with E-state index in [9.17, 15) is 4.79 Å². The van der Waals surface area contributed by atoms with Crippen LogP contribution < -0.4 is 4.74 Å². The highest BCUT2D eigenvalue weighted by Gasteiger charge is 2.13. The number of benzene rings is 1. The molecule has 0 atom stereocenters. The zero-order chi connectivity index (χ0) is 11.5. The lowest BCUT2D eigenvalue weighted by Crippen LogP contribution is -2.00. The molecule has 6 heteroatoms. The Balaban J connectivity index is 2.51. The monoisotopic (exact) mass is 219 g/mol. The summed E-state index contributed by atoms with van der Waals surface area (Å²) < 4.78 is 4.95. The minimum Gasteiger partial charge on any atom is -0.496 e. The van der Waals surface area contributed by atoms with Gasteiger partial charge in [-0.15, -0.1) is 0 Å². The van der Waals surface area contributed by atoms with Gasteiger partial charge in [-0.25, -0.2) is 4.79 Å². The van der Waals surface area contributed by atoms with E-state index < -0.39 is 5.97 Å². The molecule has 6 nitrogen and oxygen atoms in total. The van der Waals surface area contributed by atoms with Gasteiger partial charge in [0.05, 0.1) is 13.3 Å². The Kier molecular flexibility index (Phi) is 2.55. The number of carboxylic acids is 1. The van der Waals surface area contributed by atoms with Gasteiger partial charge in [0, 0.05) is 5.56 Å². The molecular formula is C10H9N3O3. The second kappa shape index (κ2) is 4.01. The van der Waals surface area contributed by atoms with Crippen molar-refractivity contribution >= 4 is 5.97 Å². The smallest absolute Gasteiger partial charge is 0.339 e. The van der Waals surface area contributed by atoms with E-state index in [1.807, 2.05) is 0 Å². The van der Waals surface area contributed by atoms with Crippen LogP contribution in [0.5, 0.6) is 5.75 Å². The molecule has 1 aromatic carbocycles. The van der Waals surface area contributed by atoms with E-state index in [4.69, 9.17) is 9.84 Å². The lowest BCUT2D eigenvalue weighted by atomic mass is 10.1. The van der Waals surface area contributed by atoms with Gasteiger partial charge in [-0.2, -0.15) is 15.4 Å². The first-order chi connectivity index (χ1) is 7.72. The number of aromatic amines is 1. The summed E-state index contributed by atoms with van der Waals surface area (Å²) >= 11 is 0. The van der Waals surface area contributed by atoms with Crippen molar-refractivity contribution in [3.63, 3.8) is 0 Å². The van der Waals surface area contributed by atoms with Gasteiger partial charge in [-0.1, -0.05) is 0 Å². The minimum absolute atomic E-state index is 0.100. The average Bonchev–Trinajstić information content (AvgIpc) is 2.81. The number of carbonyl (C=O) groups is 1. The summed E-state index contributed by atoms with van der Waals surface area (Å²) in [6.07, 6.45) is 1.52. The molecule has 0 aliphatic rings. The van der Waals surface area contributed by atoms with Crippen molar-refractivity contribution in [3.05, 3.63) is 30.0 Å². The Bertz CT molecular complexity index is 508. The molecule has 82 valence electrons. The predicted octanol–water partition coefficient (Wildman–Crippen LogP) is 1.18. The van der Waals surface area contributed by atoms with E-state index in [1.165, 1.54) is 19.4 Å². The molecule has 16 heavy (non-hydrogen) atoms. The topological polar surface area (TPSA) is 88.1 Å². The number of aromatic carboxylic acids is 1. The molecule has 0 spiro atoms. The number of ether oxygens (including phenoxy) is 1. The van der Waals surface area contributed by atoms with Gasteiger partial charge in [0.2, 0.25) is 0 Å². The Labute approximate surface area is 90.9 Å². The highest BCUT2D eigenvalue weighted by molar-refractivity contribution is 5.92. The number of methoxy groups -OCH3 is 1. The number of nitrogens with one attached hydrogen (secondary N) is 1.